The van der Waals surface area contributed by atoms with Crippen LogP contribution in [-0.2, 0) is 17.1 Å². The predicted molar refractivity (Wildman–Crippen MR) is 99.6 cm³/mol. The van der Waals surface area contributed by atoms with E-state index in [4.69, 9.17) is 5.14 Å². The first-order chi connectivity index (χ1) is 12.8. The van der Waals surface area contributed by atoms with Crippen LogP contribution in [-0.4, -0.2) is 22.9 Å². The lowest BCUT2D eigenvalue weighted by Crippen LogP contribution is -2.18. The minimum Gasteiger partial charge on any atom is -0.366 e. The third kappa shape index (κ3) is 3.96. The molecule has 0 bridgehead atoms. The van der Waals surface area contributed by atoms with Gasteiger partial charge in [0.25, 0.3) is 5.69 Å². The fraction of sp³-hybridized carbons (Fsp3) is 0.118. The molecule has 3 N–H and O–H groups in total. The molecule has 10 heteroatoms. The molecule has 0 aliphatic rings. The summed E-state index contributed by atoms with van der Waals surface area (Å²) in [5.41, 5.74) is 0.609. The number of anilines is 1. The minimum absolute atomic E-state index is 0.157. The first kappa shape index (κ1) is 18.5. The summed E-state index contributed by atoms with van der Waals surface area (Å²) in [6, 6.07) is 12.3. The van der Waals surface area contributed by atoms with E-state index in [9.17, 15) is 18.5 Å². The number of aryl methyl sites for hydroxylation is 1. The number of hydrogen-bond acceptors (Lipinski definition) is 6. The van der Waals surface area contributed by atoms with Crippen LogP contribution in [0.1, 0.15) is 17.4 Å². The van der Waals surface area contributed by atoms with E-state index < -0.39 is 26.7 Å². The molecule has 0 spiro atoms. The zero-order valence-electron chi connectivity index (χ0n) is 14.3. The van der Waals surface area contributed by atoms with E-state index in [1.165, 1.54) is 12.1 Å². The molecule has 1 aromatic heterocycles. The van der Waals surface area contributed by atoms with Crippen molar-refractivity contribution in [1.29, 1.82) is 0 Å². The second-order valence-corrected chi connectivity index (χ2v) is 7.43. The van der Waals surface area contributed by atoms with Crippen LogP contribution in [0.3, 0.4) is 0 Å². The van der Waals surface area contributed by atoms with E-state index >= 15 is 0 Å². The van der Waals surface area contributed by atoms with Gasteiger partial charge in [0, 0.05) is 25.5 Å². The molecule has 1 unspecified atom stereocenters. The normalized spacial score (nSPS) is 12.5. The third-order valence-electron chi connectivity index (χ3n) is 4.04. The van der Waals surface area contributed by atoms with Crippen molar-refractivity contribution in [2.24, 2.45) is 12.2 Å². The van der Waals surface area contributed by atoms with Crippen molar-refractivity contribution in [3.63, 3.8) is 0 Å². The lowest BCUT2D eigenvalue weighted by molar-refractivity contribution is -0.384. The Morgan fingerprint density at radius 2 is 1.93 bits per heavy atom. The molecule has 1 heterocycles. The summed E-state index contributed by atoms with van der Waals surface area (Å²) in [6.45, 7) is 0. The average molecular weight is 387 g/mol. The highest BCUT2D eigenvalue weighted by Crippen LogP contribution is 2.32. The molecule has 0 aliphatic carbocycles. The maximum absolute atomic E-state index is 11.5. The Balaban J connectivity index is 2.09. The van der Waals surface area contributed by atoms with Crippen LogP contribution in [0.25, 0.3) is 0 Å². The number of nitro benzene ring substituents is 1. The monoisotopic (exact) mass is 387 g/mol. The zero-order valence-corrected chi connectivity index (χ0v) is 15.1. The maximum atomic E-state index is 11.5. The van der Waals surface area contributed by atoms with Gasteiger partial charge in [-0.05, 0) is 17.7 Å². The van der Waals surface area contributed by atoms with E-state index in [0.717, 1.165) is 11.6 Å². The summed E-state index contributed by atoms with van der Waals surface area (Å²) in [6.07, 6.45) is 3.40. The van der Waals surface area contributed by atoms with Crippen molar-refractivity contribution in [1.82, 2.24) is 9.55 Å². The Bertz CT molecular complexity index is 1080. The molecule has 0 saturated heterocycles. The van der Waals surface area contributed by atoms with Gasteiger partial charge in [0.15, 0.2) is 0 Å². The fourth-order valence-electron chi connectivity index (χ4n) is 2.71. The molecule has 1 atom stereocenters. The number of imidazole rings is 1. The molecule has 3 rings (SSSR count). The molecular weight excluding hydrogens is 370 g/mol. The predicted octanol–water partition coefficient (Wildman–Crippen LogP) is 2.18. The summed E-state index contributed by atoms with van der Waals surface area (Å²) in [4.78, 5) is 14.8. The van der Waals surface area contributed by atoms with Gasteiger partial charge in [0.2, 0.25) is 10.0 Å². The van der Waals surface area contributed by atoms with Crippen LogP contribution in [0, 0.1) is 10.1 Å². The first-order valence-electron chi connectivity index (χ1n) is 7.87. The first-order valence-corrected chi connectivity index (χ1v) is 9.42. The number of nitrogens with two attached hydrogens (primary N) is 1. The third-order valence-corrected chi connectivity index (χ3v) is 4.95. The van der Waals surface area contributed by atoms with Gasteiger partial charge in [-0.1, -0.05) is 30.3 Å². The number of hydrogen-bond donors (Lipinski definition) is 2. The summed E-state index contributed by atoms with van der Waals surface area (Å²) in [7, 11) is -2.24. The lowest BCUT2D eigenvalue weighted by Gasteiger charge is -2.20. The Morgan fingerprint density at radius 1 is 1.22 bits per heavy atom. The highest BCUT2D eigenvalue weighted by atomic mass is 32.2. The topological polar surface area (TPSA) is 133 Å². The van der Waals surface area contributed by atoms with Crippen molar-refractivity contribution in [2.75, 3.05) is 5.32 Å². The van der Waals surface area contributed by atoms with Crippen molar-refractivity contribution in [3.8, 4) is 0 Å². The zero-order chi connectivity index (χ0) is 19.6. The second kappa shape index (κ2) is 7.17. The number of nitrogens with one attached hydrogen (secondary N) is 1. The molecule has 0 radical (unpaired) electrons. The van der Waals surface area contributed by atoms with Crippen LogP contribution >= 0.6 is 0 Å². The Morgan fingerprint density at radius 3 is 2.48 bits per heavy atom. The molecule has 0 saturated carbocycles. The molecule has 27 heavy (non-hydrogen) atoms. The molecule has 3 aromatic rings. The highest BCUT2D eigenvalue weighted by Gasteiger charge is 2.24. The van der Waals surface area contributed by atoms with Crippen molar-refractivity contribution in [3.05, 3.63) is 82.4 Å². The summed E-state index contributed by atoms with van der Waals surface area (Å²) >= 11 is 0. The molecule has 0 fully saturated rings. The molecule has 0 amide bonds. The van der Waals surface area contributed by atoms with Crippen molar-refractivity contribution in [2.45, 2.75) is 10.9 Å². The number of nitrogens with zero attached hydrogens (tertiary/aromatic N) is 3. The molecule has 140 valence electrons. The summed E-state index contributed by atoms with van der Waals surface area (Å²) in [5.74, 6) is 0.644. The van der Waals surface area contributed by atoms with E-state index in [-0.39, 0.29) is 10.6 Å². The van der Waals surface area contributed by atoms with E-state index in [1.54, 1.807) is 17.0 Å². The van der Waals surface area contributed by atoms with Crippen molar-refractivity contribution >= 4 is 21.4 Å². The Hall–Kier alpha value is -3.24. The summed E-state index contributed by atoms with van der Waals surface area (Å²) in [5, 5.41) is 19.7. The summed E-state index contributed by atoms with van der Waals surface area (Å²) < 4.78 is 24.8. The van der Waals surface area contributed by atoms with Gasteiger partial charge >= 0.3 is 0 Å². The van der Waals surface area contributed by atoms with Crippen LogP contribution in [0.5, 0.6) is 0 Å². The number of primary sulfonamides is 1. The average Bonchev–Trinajstić information content (AvgIpc) is 3.05. The molecule has 9 nitrogen and oxygen atoms in total. The van der Waals surface area contributed by atoms with E-state index in [0.29, 0.717) is 5.82 Å². The lowest BCUT2D eigenvalue weighted by atomic mass is 10.1. The number of aromatic nitrogens is 2. The van der Waals surface area contributed by atoms with Crippen LogP contribution in [0.2, 0.25) is 0 Å². The van der Waals surface area contributed by atoms with Gasteiger partial charge in [0.05, 0.1) is 9.82 Å². The fourth-order valence-corrected chi connectivity index (χ4v) is 3.25. The van der Waals surface area contributed by atoms with Gasteiger partial charge in [0.1, 0.15) is 17.6 Å². The maximum Gasteiger partial charge on any atom is 0.293 e. The van der Waals surface area contributed by atoms with Gasteiger partial charge in [-0.2, -0.15) is 0 Å². The number of rotatable bonds is 6. The molecule has 2 aromatic carbocycles. The Kier molecular flexibility index (Phi) is 4.93. The number of sulfonamides is 1. The van der Waals surface area contributed by atoms with E-state index in [1.807, 2.05) is 37.4 Å². The smallest absolute Gasteiger partial charge is 0.293 e. The highest BCUT2D eigenvalue weighted by molar-refractivity contribution is 7.89. The van der Waals surface area contributed by atoms with Crippen molar-refractivity contribution < 1.29 is 13.3 Å². The standard InChI is InChI=1S/C17H17N5O4S/c1-21-10-9-19-17(21)16(12-5-3-2-4-6-12)20-14-8-7-13(27(18,25)26)11-15(14)22(23)24/h2-11,16,20H,1H3,(H2,18,25,26). The van der Waals surface area contributed by atoms with Gasteiger partial charge in [-0.25, -0.2) is 18.5 Å². The minimum atomic E-state index is -4.05. The van der Waals surface area contributed by atoms with E-state index in [2.05, 4.69) is 10.3 Å². The molecular formula is C17H17N5O4S. The van der Waals surface area contributed by atoms with Crippen LogP contribution in [0.4, 0.5) is 11.4 Å². The largest absolute Gasteiger partial charge is 0.366 e. The Labute approximate surface area is 155 Å². The number of nitro groups is 1. The van der Waals surface area contributed by atoms with Gasteiger partial charge in [-0.3, -0.25) is 10.1 Å². The van der Waals surface area contributed by atoms with Crippen LogP contribution < -0.4 is 10.5 Å². The molecule has 0 aliphatic heterocycles. The quantitative estimate of drug-likeness (QED) is 0.492. The van der Waals surface area contributed by atoms with Gasteiger partial charge < -0.3 is 9.88 Å². The second-order valence-electron chi connectivity index (χ2n) is 5.87. The van der Waals surface area contributed by atoms with Gasteiger partial charge in [-0.15, -0.1) is 0 Å². The SMILES string of the molecule is Cn1ccnc1C(Nc1ccc(S(N)(=O)=O)cc1[N+](=O)[O-])c1ccccc1. The number of benzene rings is 2. The van der Waals surface area contributed by atoms with Crippen LogP contribution in [0.15, 0.2) is 65.8 Å².